The van der Waals surface area contributed by atoms with E-state index >= 15 is 0 Å². The van der Waals surface area contributed by atoms with Gasteiger partial charge in [-0.05, 0) is 24.3 Å². The van der Waals surface area contributed by atoms with Crippen molar-refractivity contribution < 1.29 is 0 Å². The molecule has 0 unspecified atom stereocenters. The third-order valence-electron chi connectivity index (χ3n) is 8.67. The van der Waals surface area contributed by atoms with Crippen LogP contribution >= 0.6 is 0 Å². The number of nitrogens with zero attached hydrogens (tertiary/aromatic N) is 6. The van der Waals surface area contributed by atoms with Crippen molar-refractivity contribution in [1.82, 2.24) is 29.5 Å². The first-order valence-electron chi connectivity index (χ1n) is 16.2. The third-order valence-corrected chi connectivity index (χ3v) is 8.67. The molecule has 6 aromatic carbocycles. The minimum absolute atomic E-state index is 0.617. The largest absolute Gasteiger partial charge is 0.294 e. The average molecular weight is 629 g/mol. The standard InChI is InChI=1S/C43H28N6/c1-5-15-29(16-6-1)36-28-39(45-40(44-36)30-17-7-2-8-18-30)49-37-24-14-13-23-34(37)35-27-33(25-26-38(35)49)43-47-41(31-19-9-3-10-20-31)46-42(48-43)32-21-11-4-12-22-32/h1-28H. The molecule has 0 saturated carbocycles. The molecule has 6 nitrogen and oxygen atoms in total. The minimum Gasteiger partial charge on any atom is -0.294 e. The van der Waals surface area contributed by atoms with Crippen molar-refractivity contribution in [2.45, 2.75) is 0 Å². The molecule has 6 heteroatoms. The van der Waals surface area contributed by atoms with E-state index in [1.54, 1.807) is 0 Å². The summed E-state index contributed by atoms with van der Waals surface area (Å²) in [5.41, 5.74) is 7.72. The van der Waals surface area contributed by atoms with Crippen molar-refractivity contribution in [3.63, 3.8) is 0 Å². The lowest BCUT2D eigenvalue weighted by atomic mass is 10.1. The first-order chi connectivity index (χ1) is 24.3. The van der Waals surface area contributed by atoms with E-state index < -0.39 is 0 Å². The maximum Gasteiger partial charge on any atom is 0.164 e. The number of benzene rings is 6. The fourth-order valence-electron chi connectivity index (χ4n) is 6.32. The van der Waals surface area contributed by atoms with Crippen molar-refractivity contribution in [1.29, 1.82) is 0 Å². The number of rotatable bonds is 6. The van der Waals surface area contributed by atoms with Crippen molar-refractivity contribution >= 4 is 21.8 Å². The number of fused-ring (bicyclic) bond motifs is 3. The summed E-state index contributed by atoms with van der Waals surface area (Å²) < 4.78 is 2.23. The molecule has 0 N–H and O–H groups in total. The Hall–Kier alpha value is -6.79. The van der Waals surface area contributed by atoms with Gasteiger partial charge in [0.1, 0.15) is 5.82 Å². The second-order valence-corrected chi connectivity index (χ2v) is 11.8. The summed E-state index contributed by atoms with van der Waals surface area (Å²) in [4.78, 5) is 25.0. The average Bonchev–Trinajstić information content (AvgIpc) is 3.53. The summed E-state index contributed by atoms with van der Waals surface area (Å²) in [6.07, 6.45) is 0. The quantitative estimate of drug-likeness (QED) is 0.183. The van der Waals surface area contributed by atoms with Crippen LogP contribution in [-0.4, -0.2) is 29.5 Å². The van der Waals surface area contributed by atoms with Crippen LogP contribution in [-0.2, 0) is 0 Å². The van der Waals surface area contributed by atoms with Crippen LogP contribution < -0.4 is 0 Å². The fourth-order valence-corrected chi connectivity index (χ4v) is 6.32. The van der Waals surface area contributed by atoms with Crippen LogP contribution in [0.1, 0.15) is 0 Å². The summed E-state index contributed by atoms with van der Waals surface area (Å²) >= 11 is 0. The predicted octanol–water partition coefficient (Wildman–Crippen LogP) is 10.1. The number of hydrogen-bond acceptors (Lipinski definition) is 5. The Balaban J connectivity index is 1.26. The van der Waals surface area contributed by atoms with Crippen LogP contribution in [0.4, 0.5) is 0 Å². The molecule has 230 valence electrons. The number of para-hydroxylation sites is 1. The molecule has 0 fully saturated rings. The lowest BCUT2D eigenvalue weighted by Crippen LogP contribution is -2.02. The van der Waals surface area contributed by atoms with E-state index in [1.165, 1.54) is 0 Å². The fraction of sp³-hybridized carbons (Fsp3) is 0. The van der Waals surface area contributed by atoms with E-state index in [9.17, 15) is 0 Å². The first-order valence-corrected chi connectivity index (χ1v) is 16.2. The molecule has 3 aromatic heterocycles. The van der Waals surface area contributed by atoms with Gasteiger partial charge in [-0.3, -0.25) is 4.57 Å². The Kier molecular flexibility index (Phi) is 7.02. The van der Waals surface area contributed by atoms with Crippen molar-refractivity contribution in [2.75, 3.05) is 0 Å². The second-order valence-electron chi connectivity index (χ2n) is 11.8. The molecule has 0 spiro atoms. The molecular weight excluding hydrogens is 601 g/mol. The topological polar surface area (TPSA) is 69.4 Å². The molecule has 49 heavy (non-hydrogen) atoms. The van der Waals surface area contributed by atoms with Gasteiger partial charge >= 0.3 is 0 Å². The predicted molar refractivity (Wildman–Crippen MR) is 197 cm³/mol. The van der Waals surface area contributed by atoms with Gasteiger partial charge in [-0.15, -0.1) is 0 Å². The van der Waals surface area contributed by atoms with E-state index in [0.717, 1.165) is 61.1 Å². The molecule has 0 aliphatic heterocycles. The van der Waals surface area contributed by atoms with Crippen molar-refractivity contribution in [2.24, 2.45) is 0 Å². The van der Waals surface area contributed by atoms with Crippen molar-refractivity contribution in [3.05, 3.63) is 170 Å². The van der Waals surface area contributed by atoms with E-state index in [-0.39, 0.29) is 0 Å². The Morgan fingerprint density at radius 3 is 1.33 bits per heavy atom. The lowest BCUT2D eigenvalue weighted by molar-refractivity contribution is 1.05. The summed E-state index contributed by atoms with van der Waals surface area (Å²) in [5.74, 6) is 3.35. The highest BCUT2D eigenvalue weighted by Gasteiger charge is 2.18. The normalized spacial score (nSPS) is 11.3. The van der Waals surface area contributed by atoms with Gasteiger partial charge < -0.3 is 0 Å². The zero-order chi connectivity index (χ0) is 32.6. The minimum atomic E-state index is 0.617. The summed E-state index contributed by atoms with van der Waals surface area (Å²) in [5, 5.41) is 2.19. The Morgan fingerprint density at radius 1 is 0.306 bits per heavy atom. The molecule has 9 rings (SSSR count). The molecule has 0 radical (unpaired) electrons. The molecule has 0 atom stereocenters. The van der Waals surface area contributed by atoms with Gasteiger partial charge in [0.2, 0.25) is 0 Å². The van der Waals surface area contributed by atoms with Gasteiger partial charge in [-0.1, -0.05) is 140 Å². The first kappa shape index (κ1) is 28.4. The maximum absolute atomic E-state index is 5.16. The van der Waals surface area contributed by atoms with E-state index in [4.69, 9.17) is 24.9 Å². The van der Waals surface area contributed by atoms with Gasteiger partial charge in [-0.25, -0.2) is 24.9 Å². The van der Waals surface area contributed by atoms with Gasteiger partial charge in [0, 0.05) is 44.7 Å². The van der Waals surface area contributed by atoms with Crippen LogP contribution in [0.15, 0.2) is 170 Å². The molecule has 9 aromatic rings. The monoisotopic (exact) mass is 628 g/mol. The SMILES string of the molecule is c1ccc(-c2cc(-n3c4ccccc4c4cc(-c5nc(-c6ccccc6)nc(-c6ccccc6)n5)ccc43)nc(-c3ccccc3)n2)cc1. The van der Waals surface area contributed by atoms with Crippen LogP contribution in [0.2, 0.25) is 0 Å². The molecule has 0 aliphatic carbocycles. The zero-order valence-corrected chi connectivity index (χ0v) is 26.3. The molecule has 0 saturated heterocycles. The smallest absolute Gasteiger partial charge is 0.164 e. The van der Waals surface area contributed by atoms with Gasteiger partial charge in [-0.2, -0.15) is 0 Å². The Morgan fingerprint density at radius 2 is 0.755 bits per heavy atom. The third kappa shape index (κ3) is 5.31. The molecule has 0 amide bonds. The van der Waals surface area contributed by atoms with Crippen LogP contribution in [0.3, 0.4) is 0 Å². The lowest BCUT2D eigenvalue weighted by Gasteiger charge is -2.12. The molecular formula is C43H28N6. The summed E-state index contributed by atoms with van der Waals surface area (Å²) in [6.45, 7) is 0. The number of aromatic nitrogens is 6. The van der Waals surface area contributed by atoms with Gasteiger partial charge in [0.15, 0.2) is 23.3 Å². The zero-order valence-electron chi connectivity index (χ0n) is 26.3. The summed E-state index contributed by atoms with van der Waals surface area (Å²) in [6, 6.07) is 57.5. The van der Waals surface area contributed by atoms with E-state index in [0.29, 0.717) is 23.3 Å². The highest BCUT2D eigenvalue weighted by atomic mass is 15.1. The van der Waals surface area contributed by atoms with Gasteiger partial charge in [0.25, 0.3) is 0 Å². The second kappa shape index (κ2) is 12.1. The highest BCUT2D eigenvalue weighted by Crippen LogP contribution is 2.36. The maximum atomic E-state index is 5.16. The highest BCUT2D eigenvalue weighted by molar-refractivity contribution is 6.10. The number of hydrogen-bond donors (Lipinski definition) is 0. The van der Waals surface area contributed by atoms with Crippen molar-refractivity contribution in [3.8, 4) is 62.6 Å². The van der Waals surface area contributed by atoms with Crippen LogP contribution in [0.5, 0.6) is 0 Å². The molecule has 0 aliphatic rings. The van der Waals surface area contributed by atoms with E-state index in [2.05, 4.69) is 65.2 Å². The van der Waals surface area contributed by atoms with Crippen LogP contribution in [0.25, 0.3) is 84.4 Å². The molecule has 3 heterocycles. The Labute approximate surface area is 283 Å². The summed E-state index contributed by atoms with van der Waals surface area (Å²) in [7, 11) is 0. The molecule has 0 bridgehead atoms. The van der Waals surface area contributed by atoms with Gasteiger partial charge in [0.05, 0.1) is 16.7 Å². The Bertz CT molecular complexity index is 2470. The van der Waals surface area contributed by atoms with Crippen LogP contribution in [0, 0.1) is 0 Å². The van der Waals surface area contributed by atoms with E-state index in [1.807, 2.05) is 109 Å².